The van der Waals surface area contributed by atoms with Crippen LogP contribution in [-0.2, 0) is 9.84 Å². The smallest absolute Gasteiger partial charge is 0.180 e. The predicted octanol–water partition coefficient (Wildman–Crippen LogP) is 1.84. The lowest BCUT2D eigenvalue weighted by atomic mass is 10.1. The summed E-state index contributed by atoms with van der Waals surface area (Å²) < 4.78 is 23.8. The van der Waals surface area contributed by atoms with E-state index in [1.165, 1.54) is 11.3 Å². The number of rotatable bonds is 3. The van der Waals surface area contributed by atoms with Crippen LogP contribution in [0.4, 0.5) is 10.7 Å². The van der Waals surface area contributed by atoms with Crippen LogP contribution in [0.5, 0.6) is 0 Å². The van der Waals surface area contributed by atoms with Gasteiger partial charge in [-0.3, -0.25) is 0 Å². The third kappa shape index (κ3) is 2.55. The van der Waals surface area contributed by atoms with Crippen molar-refractivity contribution in [1.82, 2.24) is 0 Å². The SMILES string of the molecule is CCC1CCN(c2sc(C#N)c(N)c2S(C)(=O)=O)C1. The van der Waals surface area contributed by atoms with Crippen molar-refractivity contribution < 1.29 is 8.42 Å². The standard InChI is InChI=1S/C12H17N3O2S2/c1-3-8-4-5-15(7-8)12-11(19(2,16)17)10(14)9(6-13)18-12/h8H,3-5,7,14H2,1-2H3. The summed E-state index contributed by atoms with van der Waals surface area (Å²) in [5, 5.41) is 9.66. The van der Waals surface area contributed by atoms with Crippen LogP contribution in [0, 0.1) is 17.2 Å². The van der Waals surface area contributed by atoms with Crippen molar-refractivity contribution in [3.63, 3.8) is 0 Å². The van der Waals surface area contributed by atoms with Crippen LogP contribution in [-0.4, -0.2) is 27.8 Å². The number of nitrogens with two attached hydrogens (primary N) is 1. The first-order chi connectivity index (χ1) is 8.88. The van der Waals surface area contributed by atoms with Crippen LogP contribution < -0.4 is 10.6 Å². The minimum absolute atomic E-state index is 0.102. The molecule has 7 heteroatoms. The average molecular weight is 299 g/mol. The molecule has 1 aliphatic heterocycles. The number of hydrogen-bond donors (Lipinski definition) is 1. The lowest BCUT2D eigenvalue weighted by Crippen LogP contribution is -2.20. The third-order valence-corrected chi connectivity index (χ3v) is 5.96. The normalized spacial score (nSPS) is 19.6. The maximum Gasteiger partial charge on any atom is 0.180 e. The minimum atomic E-state index is -3.42. The molecule has 0 amide bonds. The summed E-state index contributed by atoms with van der Waals surface area (Å²) >= 11 is 1.18. The van der Waals surface area contributed by atoms with Crippen molar-refractivity contribution in [2.45, 2.75) is 24.7 Å². The molecule has 19 heavy (non-hydrogen) atoms. The molecule has 1 unspecified atom stereocenters. The number of nitriles is 1. The number of anilines is 2. The molecule has 0 spiro atoms. The van der Waals surface area contributed by atoms with Crippen molar-refractivity contribution in [2.24, 2.45) is 5.92 Å². The number of nitrogens with zero attached hydrogens (tertiary/aromatic N) is 2. The highest BCUT2D eigenvalue weighted by Gasteiger charge is 2.30. The van der Waals surface area contributed by atoms with Crippen molar-refractivity contribution in [3.05, 3.63) is 4.88 Å². The van der Waals surface area contributed by atoms with Crippen LogP contribution in [0.25, 0.3) is 0 Å². The Labute approximate surface area is 117 Å². The van der Waals surface area contributed by atoms with Crippen LogP contribution in [0.2, 0.25) is 0 Å². The van der Waals surface area contributed by atoms with Crippen LogP contribution >= 0.6 is 11.3 Å². The van der Waals surface area contributed by atoms with Gasteiger partial charge >= 0.3 is 0 Å². The Hall–Kier alpha value is -1.26. The summed E-state index contributed by atoms with van der Waals surface area (Å²) in [5.74, 6) is 0.585. The zero-order valence-electron chi connectivity index (χ0n) is 11.0. The van der Waals surface area contributed by atoms with E-state index in [4.69, 9.17) is 11.0 Å². The predicted molar refractivity (Wildman–Crippen MR) is 77.2 cm³/mol. The maximum atomic E-state index is 11.9. The molecule has 104 valence electrons. The molecule has 2 rings (SSSR count). The molecule has 2 N–H and O–H groups in total. The van der Waals surface area contributed by atoms with Crippen molar-refractivity contribution >= 4 is 31.9 Å². The molecular formula is C12H17N3O2S2. The van der Waals surface area contributed by atoms with E-state index in [1.807, 2.05) is 11.0 Å². The molecule has 1 aromatic rings. The van der Waals surface area contributed by atoms with Gasteiger partial charge in [-0.2, -0.15) is 5.26 Å². The largest absolute Gasteiger partial charge is 0.396 e. The van der Waals surface area contributed by atoms with E-state index < -0.39 is 9.84 Å². The first kappa shape index (κ1) is 14.2. The first-order valence-electron chi connectivity index (χ1n) is 6.15. The number of nitrogen functional groups attached to an aromatic ring is 1. The highest BCUT2D eigenvalue weighted by Crippen LogP contribution is 2.42. The van der Waals surface area contributed by atoms with Crippen LogP contribution in [0.3, 0.4) is 0 Å². The van der Waals surface area contributed by atoms with Gasteiger partial charge in [-0.1, -0.05) is 13.3 Å². The number of thiophene rings is 1. The molecule has 1 atom stereocenters. The molecular weight excluding hydrogens is 282 g/mol. The molecule has 0 aliphatic carbocycles. The van der Waals surface area contributed by atoms with Gasteiger partial charge in [0.2, 0.25) is 0 Å². The molecule has 1 aromatic heterocycles. The average Bonchev–Trinajstić information content (AvgIpc) is 2.91. The van der Waals surface area contributed by atoms with Gasteiger partial charge in [0.25, 0.3) is 0 Å². The second kappa shape index (κ2) is 5.02. The topological polar surface area (TPSA) is 87.2 Å². The summed E-state index contributed by atoms with van der Waals surface area (Å²) in [7, 11) is -3.42. The molecule has 0 bridgehead atoms. The molecule has 1 aliphatic rings. The lowest BCUT2D eigenvalue weighted by Gasteiger charge is -2.17. The highest BCUT2D eigenvalue weighted by atomic mass is 32.2. The van der Waals surface area contributed by atoms with E-state index in [-0.39, 0.29) is 15.5 Å². The summed E-state index contributed by atoms with van der Waals surface area (Å²) in [4.78, 5) is 2.47. The zero-order chi connectivity index (χ0) is 14.2. The monoisotopic (exact) mass is 299 g/mol. The Morgan fingerprint density at radius 2 is 2.26 bits per heavy atom. The maximum absolute atomic E-state index is 11.9. The number of hydrogen-bond acceptors (Lipinski definition) is 6. The Kier molecular flexibility index (Phi) is 3.74. The molecule has 2 heterocycles. The molecule has 5 nitrogen and oxygen atoms in total. The van der Waals surface area contributed by atoms with E-state index in [0.717, 1.165) is 32.2 Å². The second-order valence-electron chi connectivity index (χ2n) is 4.87. The van der Waals surface area contributed by atoms with Gasteiger partial charge in [-0.05, 0) is 12.3 Å². The Morgan fingerprint density at radius 3 is 2.74 bits per heavy atom. The molecule has 0 aromatic carbocycles. The summed E-state index contributed by atoms with van der Waals surface area (Å²) in [6.07, 6.45) is 3.28. The van der Waals surface area contributed by atoms with Gasteiger partial charge in [0.15, 0.2) is 9.84 Å². The Balaban J connectivity index is 2.50. The van der Waals surface area contributed by atoms with Gasteiger partial charge in [-0.25, -0.2) is 8.42 Å². The van der Waals surface area contributed by atoms with Crippen LogP contribution in [0.15, 0.2) is 4.90 Å². The molecule has 1 saturated heterocycles. The fourth-order valence-corrected chi connectivity index (χ4v) is 4.96. The fourth-order valence-electron chi connectivity index (χ4n) is 2.42. The van der Waals surface area contributed by atoms with Gasteiger partial charge in [0.05, 0.1) is 5.69 Å². The number of sulfone groups is 1. The second-order valence-corrected chi connectivity index (χ2v) is 7.82. The molecule has 0 saturated carbocycles. The van der Waals surface area contributed by atoms with Gasteiger partial charge in [-0.15, -0.1) is 11.3 Å². The molecule has 0 radical (unpaired) electrons. The van der Waals surface area contributed by atoms with Gasteiger partial charge in [0, 0.05) is 19.3 Å². The van der Waals surface area contributed by atoms with Crippen molar-refractivity contribution in [1.29, 1.82) is 5.26 Å². The Bertz CT molecular complexity index is 628. The highest BCUT2D eigenvalue weighted by molar-refractivity contribution is 7.91. The van der Waals surface area contributed by atoms with Gasteiger partial charge in [0.1, 0.15) is 20.8 Å². The Morgan fingerprint density at radius 1 is 1.58 bits per heavy atom. The van der Waals surface area contributed by atoms with Crippen molar-refractivity contribution in [2.75, 3.05) is 30.0 Å². The summed E-state index contributed by atoms with van der Waals surface area (Å²) in [6.45, 7) is 3.80. The summed E-state index contributed by atoms with van der Waals surface area (Å²) in [5.41, 5.74) is 5.92. The van der Waals surface area contributed by atoms with E-state index in [9.17, 15) is 8.42 Å². The van der Waals surface area contributed by atoms with E-state index in [0.29, 0.717) is 10.9 Å². The van der Waals surface area contributed by atoms with Gasteiger partial charge < -0.3 is 10.6 Å². The molecule has 1 fully saturated rings. The van der Waals surface area contributed by atoms with E-state index in [2.05, 4.69) is 6.92 Å². The van der Waals surface area contributed by atoms with E-state index >= 15 is 0 Å². The lowest BCUT2D eigenvalue weighted by molar-refractivity contribution is 0.569. The quantitative estimate of drug-likeness (QED) is 0.920. The van der Waals surface area contributed by atoms with Crippen LogP contribution in [0.1, 0.15) is 24.6 Å². The minimum Gasteiger partial charge on any atom is -0.396 e. The third-order valence-electron chi connectivity index (χ3n) is 3.50. The van der Waals surface area contributed by atoms with Crippen molar-refractivity contribution in [3.8, 4) is 6.07 Å². The summed E-state index contributed by atoms with van der Waals surface area (Å²) in [6, 6.07) is 1.98. The fraction of sp³-hybridized carbons (Fsp3) is 0.583. The van der Waals surface area contributed by atoms with E-state index in [1.54, 1.807) is 0 Å². The zero-order valence-corrected chi connectivity index (χ0v) is 12.6. The first-order valence-corrected chi connectivity index (χ1v) is 8.86.